The predicted molar refractivity (Wildman–Crippen MR) is 123 cm³/mol. The Morgan fingerprint density at radius 1 is 1.03 bits per heavy atom. The number of carbonyl (C=O) groups excluding carboxylic acids is 4. The molecule has 0 saturated carbocycles. The molecule has 2 aromatic carbocycles. The molecule has 34 heavy (non-hydrogen) atoms. The van der Waals surface area contributed by atoms with Gasteiger partial charge in [-0.2, -0.15) is 0 Å². The van der Waals surface area contributed by atoms with Crippen molar-refractivity contribution in [3.8, 4) is 0 Å². The number of nitrogens with zero attached hydrogens (tertiary/aromatic N) is 2. The average molecular weight is 462 g/mol. The fourth-order valence-electron chi connectivity index (χ4n) is 5.34. The normalized spacial score (nSPS) is 27.6. The van der Waals surface area contributed by atoms with Gasteiger partial charge < -0.3 is 5.11 Å². The maximum Gasteiger partial charge on any atom is 0.262 e. The van der Waals surface area contributed by atoms with E-state index in [9.17, 15) is 24.3 Å². The highest BCUT2D eigenvalue weighted by molar-refractivity contribution is 6.23. The summed E-state index contributed by atoms with van der Waals surface area (Å²) in [7, 11) is 0. The molecule has 2 fully saturated rings. The summed E-state index contributed by atoms with van der Waals surface area (Å²) in [4.78, 5) is 53.1. The van der Waals surface area contributed by atoms with Gasteiger partial charge in [0.25, 0.3) is 11.8 Å². The molecule has 0 aromatic heterocycles. The molecular formula is C26H27N3O5. The molecule has 3 aliphatic rings. The van der Waals surface area contributed by atoms with Crippen molar-refractivity contribution in [3.05, 3.63) is 70.8 Å². The van der Waals surface area contributed by atoms with Gasteiger partial charge in [0.2, 0.25) is 11.8 Å². The third-order valence-electron chi connectivity index (χ3n) is 7.27. The van der Waals surface area contributed by atoms with Gasteiger partial charge in [-0.25, -0.2) is 0 Å². The SMILES string of the molecule is C[C@@H]1CC(O)(c2ccc3c(c2)C(=O)N(C2CCC(=O)NC2=O)C3=O)CCN1Cc1ccccc1. The van der Waals surface area contributed by atoms with E-state index in [1.165, 1.54) is 5.56 Å². The number of amides is 4. The average Bonchev–Trinajstić information content (AvgIpc) is 3.06. The molecule has 2 unspecified atom stereocenters. The van der Waals surface area contributed by atoms with E-state index >= 15 is 0 Å². The third kappa shape index (κ3) is 3.82. The first-order valence-corrected chi connectivity index (χ1v) is 11.6. The second kappa shape index (κ2) is 8.45. The summed E-state index contributed by atoms with van der Waals surface area (Å²) in [5.41, 5.74) is 1.11. The minimum absolute atomic E-state index is 0.0756. The Hall–Kier alpha value is -3.36. The van der Waals surface area contributed by atoms with Crippen molar-refractivity contribution < 1.29 is 24.3 Å². The van der Waals surface area contributed by atoms with Crippen LogP contribution in [0.2, 0.25) is 0 Å². The van der Waals surface area contributed by atoms with Crippen LogP contribution in [-0.2, 0) is 21.7 Å². The van der Waals surface area contributed by atoms with Crippen LogP contribution in [0.15, 0.2) is 48.5 Å². The maximum absolute atomic E-state index is 13.1. The van der Waals surface area contributed by atoms with Gasteiger partial charge in [-0.1, -0.05) is 36.4 Å². The molecule has 176 valence electrons. The maximum atomic E-state index is 13.1. The van der Waals surface area contributed by atoms with E-state index < -0.39 is 35.3 Å². The third-order valence-corrected chi connectivity index (χ3v) is 7.27. The molecule has 8 nitrogen and oxygen atoms in total. The Kier molecular flexibility index (Phi) is 5.58. The molecule has 3 aliphatic heterocycles. The first kappa shape index (κ1) is 22.4. The summed E-state index contributed by atoms with van der Waals surface area (Å²) in [5.74, 6) is -2.15. The summed E-state index contributed by atoms with van der Waals surface area (Å²) in [6.45, 7) is 3.58. The van der Waals surface area contributed by atoms with E-state index in [-0.39, 0.29) is 30.0 Å². The molecule has 2 N–H and O–H groups in total. The highest BCUT2D eigenvalue weighted by atomic mass is 16.3. The lowest BCUT2D eigenvalue weighted by Crippen LogP contribution is -2.54. The lowest BCUT2D eigenvalue weighted by molar-refractivity contribution is -0.136. The quantitative estimate of drug-likeness (QED) is 0.674. The zero-order valence-electron chi connectivity index (χ0n) is 19.0. The van der Waals surface area contributed by atoms with E-state index in [0.717, 1.165) is 11.4 Å². The second-order valence-corrected chi connectivity index (χ2v) is 9.50. The van der Waals surface area contributed by atoms with Crippen LogP contribution in [-0.4, -0.2) is 57.2 Å². The van der Waals surface area contributed by atoms with Crippen molar-refractivity contribution in [2.45, 2.75) is 56.8 Å². The van der Waals surface area contributed by atoms with Gasteiger partial charge in [-0.15, -0.1) is 0 Å². The zero-order valence-corrected chi connectivity index (χ0v) is 19.0. The van der Waals surface area contributed by atoms with Crippen molar-refractivity contribution in [1.82, 2.24) is 15.1 Å². The molecule has 3 heterocycles. The smallest absolute Gasteiger partial charge is 0.262 e. The van der Waals surface area contributed by atoms with Gasteiger partial charge in [0, 0.05) is 25.6 Å². The molecule has 0 bridgehead atoms. The second-order valence-electron chi connectivity index (χ2n) is 9.50. The topological polar surface area (TPSA) is 107 Å². The van der Waals surface area contributed by atoms with Crippen LogP contribution in [0.3, 0.4) is 0 Å². The lowest BCUT2D eigenvalue weighted by atomic mass is 9.80. The minimum Gasteiger partial charge on any atom is -0.385 e. The summed E-state index contributed by atoms with van der Waals surface area (Å²) in [6.07, 6.45) is 1.19. The zero-order chi connectivity index (χ0) is 24.0. The number of benzene rings is 2. The molecule has 8 heteroatoms. The van der Waals surface area contributed by atoms with Crippen molar-refractivity contribution in [1.29, 1.82) is 0 Å². The summed E-state index contributed by atoms with van der Waals surface area (Å²) >= 11 is 0. The van der Waals surface area contributed by atoms with Gasteiger partial charge in [0.15, 0.2) is 0 Å². The fourth-order valence-corrected chi connectivity index (χ4v) is 5.34. The standard InChI is InChI=1S/C26H27N3O5/c1-16-14-26(34,11-12-28(16)15-17-5-3-2-4-6-17)18-7-8-19-20(13-18)25(33)29(24(19)32)21-9-10-22(30)27-23(21)31/h2-8,13,16,21,34H,9-12,14-15H2,1H3,(H,27,30,31)/t16-,21?,26?/m1/s1. The Labute approximate surface area is 197 Å². The van der Waals surface area contributed by atoms with E-state index in [4.69, 9.17) is 0 Å². The van der Waals surface area contributed by atoms with E-state index in [1.807, 2.05) is 18.2 Å². The van der Waals surface area contributed by atoms with Gasteiger partial charge in [-0.3, -0.25) is 34.3 Å². The summed E-state index contributed by atoms with van der Waals surface area (Å²) in [6, 6.07) is 14.2. The van der Waals surface area contributed by atoms with Crippen molar-refractivity contribution >= 4 is 23.6 Å². The Bertz CT molecular complexity index is 1180. The van der Waals surface area contributed by atoms with E-state index in [0.29, 0.717) is 24.9 Å². The van der Waals surface area contributed by atoms with Crippen LogP contribution >= 0.6 is 0 Å². The number of hydrogen-bond acceptors (Lipinski definition) is 6. The number of aliphatic hydroxyl groups is 1. The van der Waals surface area contributed by atoms with Crippen molar-refractivity contribution in [2.75, 3.05) is 6.54 Å². The van der Waals surface area contributed by atoms with Crippen LogP contribution in [0, 0.1) is 0 Å². The summed E-state index contributed by atoms with van der Waals surface area (Å²) in [5, 5.41) is 13.7. The summed E-state index contributed by atoms with van der Waals surface area (Å²) < 4.78 is 0. The number of imide groups is 2. The van der Waals surface area contributed by atoms with Crippen LogP contribution in [0.4, 0.5) is 0 Å². The molecule has 2 saturated heterocycles. The Morgan fingerprint density at radius 3 is 2.47 bits per heavy atom. The number of likely N-dealkylation sites (tertiary alicyclic amines) is 1. The Balaban J connectivity index is 1.35. The number of carbonyl (C=O) groups is 4. The van der Waals surface area contributed by atoms with Gasteiger partial charge in [0.05, 0.1) is 16.7 Å². The monoisotopic (exact) mass is 461 g/mol. The van der Waals surface area contributed by atoms with E-state index in [2.05, 4.69) is 29.3 Å². The van der Waals surface area contributed by atoms with Crippen LogP contribution in [0.5, 0.6) is 0 Å². The number of hydrogen-bond donors (Lipinski definition) is 2. The van der Waals surface area contributed by atoms with Gasteiger partial charge in [-0.05, 0) is 49.4 Å². The molecule has 5 rings (SSSR count). The molecule has 2 aromatic rings. The molecule has 3 atom stereocenters. The predicted octanol–water partition coefficient (Wildman–Crippen LogP) is 1.96. The van der Waals surface area contributed by atoms with Crippen LogP contribution in [0.1, 0.15) is 64.4 Å². The largest absolute Gasteiger partial charge is 0.385 e. The minimum atomic E-state index is -1.12. The fraction of sp³-hybridized carbons (Fsp3) is 0.385. The molecule has 0 radical (unpaired) electrons. The van der Waals surface area contributed by atoms with Crippen LogP contribution in [0.25, 0.3) is 0 Å². The van der Waals surface area contributed by atoms with E-state index in [1.54, 1.807) is 18.2 Å². The Morgan fingerprint density at radius 2 is 1.76 bits per heavy atom. The number of fused-ring (bicyclic) bond motifs is 1. The number of rotatable bonds is 4. The lowest BCUT2D eigenvalue weighted by Gasteiger charge is -2.43. The molecular weight excluding hydrogens is 434 g/mol. The molecule has 0 aliphatic carbocycles. The van der Waals surface area contributed by atoms with Crippen molar-refractivity contribution in [3.63, 3.8) is 0 Å². The highest BCUT2D eigenvalue weighted by Crippen LogP contribution is 2.38. The van der Waals surface area contributed by atoms with Crippen LogP contribution < -0.4 is 5.32 Å². The first-order chi connectivity index (χ1) is 16.3. The molecule has 4 amide bonds. The molecule has 0 spiro atoms. The van der Waals surface area contributed by atoms with Crippen molar-refractivity contribution in [2.24, 2.45) is 0 Å². The number of piperidine rings is 2. The van der Waals surface area contributed by atoms with Gasteiger partial charge >= 0.3 is 0 Å². The highest BCUT2D eigenvalue weighted by Gasteiger charge is 2.46. The first-order valence-electron chi connectivity index (χ1n) is 11.6. The number of nitrogens with one attached hydrogen (secondary N) is 1. The van der Waals surface area contributed by atoms with Gasteiger partial charge in [0.1, 0.15) is 6.04 Å².